The molecule has 0 aliphatic carbocycles. The Balaban J connectivity index is 2.68. The van der Waals surface area contributed by atoms with Gasteiger partial charge in [0, 0.05) is 11.6 Å². The molecule has 2 aromatic rings. The van der Waals surface area contributed by atoms with Gasteiger partial charge in [0.2, 0.25) is 0 Å². The first-order valence-corrected chi connectivity index (χ1v) is 5.39. The van der Waals surface area contributed by atoms with Gasteiger partial charge >= 0.3 is 6.18 Å². The van der Waals surface area contributed by atoms with Gasteiger partial charge in [0.1, 0.15) is 11.6 Å². The van der Waals surface area contributed by atoms with Crippen LogP contribution in [0.4, 0.5) is 22.0 Å². The minimum atomic E-state index is -4.60. The van der Waals surface area contributed by atoms with Crippen molar-refractivity contribution in [1.29, 1.82) is 5.26 Å². The van der Waals surface area contributed by atoms with E-state index in [1.54, 1.807) is 6.07 Å². The Morgan fingerprint density at radius 2 is 1.50 bits per heavy atom. The van der Waals surface area contributed by atoms with Crippen molar-refractivity contribution in [3.8, 4) is 17.2 Å². The number of nitrogens with zero attached hydrogens (tertiary/aromatic N) is 1. The maximum atomic E-state index is 13.1. The Kier molecular flexibility index (Phi) is 3.45. The van der Waals surface area contributed by atoms with Crippen LogP contribution in [0.2, 0.25) is 0 Å². The summed E-state index contributed by atoms with van der Waals surface area (Å²) < 4.78 is 64.2. The summed E-state index contributed by atoms with van der Waals surface area (Å²) in [7, 11) is 0. The fourth-order valence-corrected chi connectivity index (χ4v) is 1.77. The molecular formula is C14H6F5N. The van der Waals surface area contributed by atoms with E-state index in [-0.39, 0.29) is 16.7 Å². The minimum Gasteiger partial charge on any atom is -0.207 e. The van der Waals surface area contributed by atoms with E-state index >= 15 is 0 Å². The third-order valence-electron chi connectivity index (χ3n) is 2.64. The van der Waals surface area contributed by atoms with Crippen molar-refractivity contribution < 1.29 is 22.0 Å². The normalized spacial score (nSPS) is 11.2. The van der Waals surface area contributed by atoms with Crippen LogP contribution in [-0.2, 0) is 6.18 Å². The molecule has 0 aliphatic heterocycles. The Morgan fingerprint density at radius 3 is 2.00 bits per heavy atom. The SMILES string of the molecule is N#Cc1ccc(C(F)(F)F)cc1-c1cc(F)cc(F)c1. The van der Waals surface area contributed by atoms with Gasteiger partial charge in [-0.1, -0.05) is 0 Å². The number of benzene rings is 2. The first-order chi connectivity index (χ1) is 9.31. The standard InChI is InChI=1S/C14H6F5N/c15-11-3-9(4-12(16)6-11)13-5-10(14(17,18)19)2-1-8(13)7-20/h1-6H. The Labute approximate surface area is 110 Å². The molecule has 0 fully saturated rings. The van der Waals surface area contributed by atoms with Gasteiger partial charge < -0.3 is 0 Å². The van der Waals surface area contributed by atoms with E-state index in [1.165, 1.54) is 0 Å². The molecule has 2 rings (SSSR count). The highest BCUT2D eigenvalue weighted by Gasteiger charge is 2.31. The molecule has 2 aromatic carbocycles. The number of alkyl halides is 3. The second-order valence-corrected chi connectivity index (χ2v) is 4.03. The summed E-state index contributed by atoms with van der Waals surface area (Å²) in [5.41, 5.74) is -1.37. The van der Waals surface area contributed by atoms with Crippen molar-refractivity contribution in [3.63, 3.8) is 0 Å². The second-order valence-electron chi connectivity index (χ2n) is 4.03. The van der Waals surface area contributed by atoms with Crippen LogP contribution in [0, 0.1) is 23.0 Å². The van der Waals surface area contributed by atoms with Crippen molar-refractivity contribution in [2.75, 3.05) is 0 Å². The van der Waals surface area contributed by atoms with Crippen LogP contribution in [-0.4, -0.2) is 0 Å². The lowest BCUT2D eigenvalue weighted by Crippen LogP contribution is -2.05. The molecule has 6 heteroatoms. The van der Waals surface area contributed by atoms with Crippen molar-refractivity contribution >= 4 is 0 Å². The van der Waals surface area contributed by atoms with Crippen molar-refractivity contribution in [1.82, 2.24) is 0 Å². The molecule has 0 saturated heterocycles. The molecule has 0 amide bonds. The molecule has 0 aromatic heterocycles. The molecule has 0 heterocycles. The zero-order valence-electron chi connectivity index (χ0n) is 9.80. The lowest BCUT2D eigenvalue weighted by molar-refractivity contribution is -0.137. The van der Waals surface area contributed by atoms with Gasteiger partial charge in [0.05, 0.1) is 17.2 Å². The average Bonchev–Trinajstić information content (AvgIpc) is 2.35. The molecule has 0 bridgehead atoms. The van der Waals surface area contributed by atoms with Crippen molar-refractivity contribution in [3.05, 3.63) is 59.2 Å². The third kappa shape index (κ3) is 2.77. The molecule has 0 N–H and O–H groups in total. The van der Waals surface area contributed by atoms with Gasteiger partial charge in [-0.25, -0.2) is 8.78 Å². The van der Waals surface area contributed by atoms with Gasteiger partial charge in [-0.3, -0.25) is 0 Å². The maximum Gasteiger partial charge on any atom is 0.416 e. The summed E-state index contributed by atoms with van der Waals surface area (Å²) in [6, 6.07) is 6.47. The average molecular weight is 283 g/mol. The number of rotatable bonds is 1. The topological polar surface area (TPSA) is 23.8 Å². The molecule has 0 saturated carbocycles. The van der Waals surface area contributed by atoms with Gasteiger partial charge in [-0.15, -0.1) is 0 Å². The Morgan fingerprint density at radius 1 is 0.900 bits per heavy atom. The fourth-order valence-electron chi connectivity index (χ4n) is 1.77. The quantitative estimate of drug-likeness (QED) is 0.706. The highest BCUT2D eigenvalue weighted by atomic mass is 19.4. The number of hydrogen-bond donors (Lipinski definition) is 0. The Bertz CT molecular complexity index is 677. The van der Waals surface area contributed by atoms with Gasteiger partial charge in [0.15, 0.2) is 0 Å². The molecule has 0 spiro atoms. The fraction of sp³-hybridized carbons (Fsp3) is 0.0714. The monoisotopic (exact) mass is 283 g/mol. The predicted octanol–water partition coefficient (Wildman–Crippen LogP) is 4.52. The van der Waals surface area contributed by atoms with E-state index in [0.717, 1.165) is 24.3 Å². The Hall–Kier alpha value is -2.42. The zero-order chi connectivity index (χ0) is 14.9. The first-order valence-electron chi connectivity index (χ1n) is 5.39. The van der Waals surface area contributed by atoms with Crippen molar-refractivity contribution in [2.24, 2.45) is 0 Å². The van der Waals surface area contributed by atoms with Crippen LogP contribution in [0.25, 0.3) is 11.1 Å². The number of nitriles is 1. The van der Waals surface area contributed by atoms with Crippen LogP contribution in [0.3, 0.4) is 0 Å². The van der Waals surface area contributed by atoms with E-state index in [0.29, 0.717) is 12.1 Å². The van der Waals surface area contributed by atoms with Crippen LogP contribution in [0.5, 0.6) is 0 Å². The third-order valence-corrected chi connectivity index (χ3v) is 2.64. The molecule has 102 valence electrons. The van der Waals surface area contributed by atoms with E-state index in [9.17, 15) is 22.0 Å². The molecule has 0 atom stereocenters. The van der Waals surface area contributed by atoms with Gasteiger partial charge in [-0.2, -0.15) is 18.4 Å². The maximum absolute atomic E-state index is 13.1. The molecule has 20 heavy (non-hydrogen) atoms. The second kappa shape index (κ2) is 4.93. The lowest BCUT2D eigenvalue weighted by atomic mass is 9.97. The van der Waals surface area contributed by atoms with Crippen LogP contribution in [0.1, 0.15) is 11.1 Å². The highest BCUT2D eigenvalue weighted by Crippen LogP contribution is 2.34. The van der Waals surface area contributed by atoms with Crippen LogP contribution in [0.15, 0.2) is 36.4 Å². The largest absolute Gasteiger partial charge is 0.416 e. The number of hydrogen-bond acceptors (Lipinski definition) is 1. The summed E-state index contributed by atoms with van der Waals surface area (Å²) in [6.45, 7) is 0. The molecule has 0 radical (unpaired) electrons. The van der Waals surface area contributed by atoms with Gasteiger partial charge in [0.25, 0.3) is 0 Å². The lowest BCUT2D eigenvalue weighted by Gasteiger charge is -2.10. The van der Waals surface area contributed by atoms with E-state index in [1.807, 2.05) is 0 Å². The smallest absolute Gasteiger partial charge is 0.207 e. The molecular weight excluding hydrogens is 277 g/mol. The number of halogens is 5. The highest BCUT2D eigenvalue weighted by molar-refractivity contribution is 5.71. The molecule has 0 unspecified atom stereocenters. The van der Waals surface area contributed by atoms with Gasteiger partial charge in [-0.05, 0) is 35.9 Å². The van der Waals surface area contributed by atoms with Crippen LogP contribution >= 0.6 is 0 Å². The molecule has 0 aliphatic rings. The first kappa shape index (κ1) is 14.0. The zero-order valence-corrected chi connectivity index (χ0v) is 9.80. The summed E-state index contributed by atoms with van der Waals surface area (Å²) in [6.07, 6.45) is -4.60. The van der Waals surface area contributed by atoms with E-state index < -0.39 is 23.4 Å². The predicted molar refractivity (Wildman–Crippen MR) is 61.5 cm³/mol. The summed E-state index contributed by atoms with van der Waals surface area (Å²) in [5.74, 6) is -1.86. The molecule has 1 nitrogen and oxygen atoms in total. The van der Waals surface area contributed by atoms with E-state index in [2.05, 4.69) is 0 Å². The van der Waals surface area contributed by atoms with Crippen LogP contribution < -0.4 is 0 Å². The minimum absolute atomic E-state index is 0.0944. The van der Waals surface area contributed by atoms with Crippen molar-refractivity contribution in [2.45, 2.75) is 6.18 Å². The summed E-state index contributed by atoms with van der Waals surface area (Å²) in [5, 5.41) is 8.89. The summed E-state index contributed by atoms with van der Waals surface area (Å²) >= 11 is 0. The van der Waals surface area contributed by atoms with E-state index in [4.69, 9.17) is 5.26 Å². The summed E-state index contributed by atoms with van der Waals surface area (Å²) in [4.78, 5) is 0.